The second kappa shape index (κ2) is 5.00. The summed E-state index contributed by atoms with van der Waals surface area (Å²) >= 11 is 0. The molecule has 1 aromatic carbocycles. The molecule has 0 fully saturated rings. The molecule has 0 aliphatic rings. The van der Waals surface area contributed by atoms with Gasteiger partial charge < -0.3 is 10.6 Å². The molecule has 0 amide bonds. The summed E-state index contributed by atoms with van der Waals surface area (Å²) in [7, 11) is 0. The molecule has 0 saturated carbocycles. The zero-order valence-corrected chi connectivity index (χ0v) is 10.2. The predicted molar refractivity (Wildman–Crippen MR) is 67.3 cm³/mol. The second-order valence-corrected chi connectivity index (χ2v) is 4.38. The zero-order chi connectivity index (χ0) is 12.2. The summed E-state index contributed by atoms with van der Waals surface area (Å²) in [5.74, 6) is 0. The second-order valence-electron chi connectivity index (χ2n) is 4.38. The maximum Gasteiger partial charge on any atom is 0.119 e. The Balaban J connectivity index is 2.88. The first-order valence-electron chi connectivity index (χ1n) is 5.50. The Hall–Kier alpha value is -1.53. The van der Waals surface area contributed by atoms with Crippen molar-refractivity contribution in [2.24, 2.45) is 5.73 Å². The van der Waals surface area contributed by atoms with Gasteiger partial charge in [-0.2, -0.15) is 5.26 Å². The number of hydrogen-bond acceptors (Lipinski definition) is 3. The fourth-order valence-electron chi connectivity index (χ4n) is 1.64. The van der Waals surface area contributed by atoms with Gasteiger partial charge in [-0.3, -0.25) is 0 Å². The highest BCUT2D eigenvalue weighted by molar-refractivity contribution is 5.49. The molecular weight excluding hydrogens is 198 g/mol. The van der Waals surface area contributed by atoms with E-state index in [-0.39, 0.29) is 0 Å². The van der Waals surface area contributed by atoms with Crippen LogP contribution in [0.1, 0.15) is 19.4 Å². The molecule has 1 rings (SSSR count). The van der Waals surface area contributed by atoms with Crippen molar-refractivity contribution in [3.05, 3.63) is 29.8 Å². The molecule has 0 aliphatic heterocycles. The minimum absolute atomic E-state index is 0.545. The van der Waals surface area contributed by atoms with Crippen LogP contribution in [0.3, 0.4) is 0 Å². The molecule has 1 atom stereocenters. The Morgan fingerprint density at radius 2 is 2.19 bits per heavy atom. The lowest BCUT2D eigenvalue weighted by molar-refractivity contribution is 0.578. The largest absolute Gasteiger partial charge is 0.369 e. The van der Waals surface area contributed by atoms with Crippen LogP contribution in [-0.4, -0.2) is 18.6 Å². The van der Waals surface area contributed by atoms with E-state index in [2.05, 4.69) is 36.9 Å². The van der Waals surface area contributed by atoms with Crippen molar-refractivity contribution < 1.29 is 0 Å². The van der Waals surface area contributed by atoms with Gasteiger partial charge in [0, 0.05) is 18.8 Å². The monoisotopic (exact) mass is 217 g/mol. The van der Waals surface area contributed by atoms with Crippen LogP contribution in [0.5, 0.6) is 0 Å². The highest BCUT2D eigenvalue weighted by Crippen LogP contribution is 2.17. The normalized spacial score (nSPS) is 13.9. The van der Waals surface area contributed by atoms with Crippen molar-refractivity contribution in [3.8, 4) is 6.07 Å². The SMILES string of the molecule is CCN(CC(C)(N)C#N)c1cccc(C)c1. The van der Waals surface area contributed by atoms with Crippen molar-refractivity contribution in [3.63, 3.8) is 0 Å². The third-order valence-electron chi connectivity index (χ3n) is 2.52. The van der Waals surface area contributed by atoms with Crippen LogP contribution in [0, 0.1) is 18.3 Å². The first-order chi connectivity index (χ1) is 7.48. The van der Waals surface area contributed by atoms with E-state index in [1.165, 1.54) is 5.56 Å². The van der Waals surface area contributed by atoms with Crippen LogP contribution in [0.4, 0.5) is 5.69 Å². The Morgan fingerprint density at radius 1 is 1.50 bits per heavy atom. The predicted octanol–water partition coefficient (Wildman–Crippen LogP) is 2.06. The molecule has 16 heavy (non-hydrogen) atoms. The molecule has 0 aromatic heterocycles. The van der Waals surface area contributed by atoms with Crippen LogP contribution in [0.2, 0.25) is 0 Å². The van der Waals surface area contributed by atoms with E-state index < -0.39 is 5.54 Å². The molecule has 0 saturated heterocycles. The molecule has 2 N–H and O–H groups in total. The highest BCUT2D eigenvalue weighted by atomic mass is 15.1. The van der Waals surface area contributed by atoms with Crippen LogP contribution in [0.15, 0.2) is 24.3 Å². The summed E-state index contributed by atoms with van der Waals surface area (Å²) in [5, 5.41) is 8.94. The number of likely N-dealkylation sites (N-methyl/N-ethyl adjacent to an activating group) is 1. The van der Waals surface area contributed by atoms with E-state index in [1.807, 2.05) is 12.1 Å². The number of nitrogens with zero attached hydrogens (tertiary/aromatic N) is 2. The number of aryl methyl sites for hydroxylation is 1. The third kappa shape index (κ3) is 3.25. The van der Waals surface area contributed by atoms with Crippen molar-refractivity contribution in [1.82, 2.24) is 0 Å². The maximum atomic E-state index is 8.94. The van der Waals surface area contributed by atoms with E-state index in [9.17, 15) is 0 Å². The number of rotatable bonds is 4. The van der Waals surface area contributed by atoms with Gasteiger partial charge in [0.15, 0.2) is 0 Å². The van der Waals surface area contributed by atoms with Crippen LogP contribution in [0.25, 0.3) is 0 Å². The van der Waals surface area contributed by atoms with Crippen LogP contribution >= 0.6 is 0 Å². The number of nitriles is 1. The van der Waals surface area contributed by atoms with Gasteiger partial charge in [-0.25, -0.2) is 0 Å². The molecule has 0 aliphatic carbocycles. The highest BCUT2D eigenvalue weighted by Gasteiger charge is 2.21. The topological polar surface area (TPSA) is 53.0 Å². The first-order valence-corrected chi connectivity index (χ1v) is 5.50. The fraction of sp³-hybridized carbons (Fsp3) is 0.462. The zero-order valence-electron chi connectivity index (χ0n) is 10.2. The van der Waals surface area contributed by atoms with Crippen LogP contribution < -0.4 is 10.6 Å². The molecule has 1 aromatic rings. The number of benzene rings is 1. The Morgan fingerprint density at radius 3 is 2.69 bits per heavy atom. The molecule has 0 spiro atoms. The minimum atomic E-state index is -0.806. The number of anilines is 1. The molecule has 0 radical (unpaired) electrons. The number of hydrogen-bond donors (Lipinski definition) is 1. The summed E-state index contributed by atoms with van der Waals surface area (Å²) in [4.78, 5) is 2.12. The number of nitrogens with two attached hydrogens (primary N) is 1. The molecule has 1 unspecified atom stereocenters. The minimum Gasteiger partial charge on any atom is -0.369 e. The van der Waals surface area contributed by atoms with E-state index in [0.717, 1.165) is 12.2 Å². The average Bonchev–Trinajstić information content (AvgIpc) is 2.26. The lowest BCUT2D eigenvalue weighted by Gasteiger charge is -2.29. The van der Waals surface area contributed by atoms with Gasteiger partial charge in [0.05, 0.1) is 6.07 Å². The quantitative estimate of drug-likeness (QED) is 0.840. The van der Waals surface area contributed by atoms with E-state index >= 15 is 0 Å². The van der Waals surface area contributed by atoms with Crippen LogP contribution in [-0.2, 0) is 0 Å². The van der Waals surface area contributed by atoms with E-state index in [1.54, 1.807) is 6.92 Å². The van der Waals surface area contributed by atoms with Crippen molar-refractivity contribution >= 4 is 5.69 Å². The smallest absolute Gasteiger partial charge is 0.119 e. The van der Waals surface area contributed by atoms with E-state index in [0.29, 0.717) is 6.54 Å². The molecular formula is C13H19N3. The van der Waals surface area contributed by atoms with Gasteiger partial charge in [0.1, 0.15) is 5.54 Å². The Bertz CT molecular complexity index is 390. The van der Waals surface area contributed by atoms with Gasteiger partial charge in [-0.05, 0) is 38.5 Å². The molecule has 3 heteroatoms. The summed E-state index contributed by atoms with van der Waals surface area (Å²) in [6.45, 7) is 7.27. The molecule has 0 heterocycles. The fourth-order valence-corrected chi connectivity index (χ4v) is 1.64. The summed E-state index contributed by atoms with van der Waals surface area (Å²) in [6.07, 6.45) is 0. The summed E-state index contributed by atoms with van der Waals surface area (Å²) in [6, 6.07) is 10.4. The van der Waals surface area contributed by atoms with Crippen molar-refractivity contribution in [2.45, 2.75) is 26.3 Å². The Kier molecular flexibility index (Phi) is 3.92. The first kappa shape index (κ1) is 12.5. The maximum absolute atomic E-state index is 8.94. The van der Waals surface area contributed by atoms with E-state index in [4.69, 9.17) is 11.0 Å². The lowest BCUT2D eigenvalue weighted by Crippen LogP contribution is -2.46. The lowest BCUT2D eigenvalue weighted by atomic mass is 10.1. The summed E-state index contributed by atoms with van der Waals surface area (Å²) in [5.41, 5.74) is 7.39. The third-order valence-corrected chi connectivity index (χ3v) is 2.52. The molecule has 3 nitrogen and oxygen atoms in total. The Labute approximate surface area is 97.5 Å². The molecule has 0 bridgehead atoms. The van der Waals surface area contributed by atoms with Gasteiger partial charge >= 0.3 is 0 Å². The van der Waals surface area contributed by atoms with Crippen molar-refractivity contribution in [1.29, 1.82) is 5.26 Å². The van der Waals surface area contributed by atoms with Gasteiger partial charge in [-0.15, -0.1) is 0 Å². The van der Waals surface area contributed by atoms with Gasteiger partial charge in [0.25, 0.3) is 0 Å². The van der Waals surface area contributed by atoms with Crippen molar-refractivity contribution in [2.75, 3.05) is 18.0 Å². The molecule has 86 valence electrons. The van der Waals surface area contributed by atoms with Gasteiger partial charge in [-0.1, -0.05) is 12.1 Å². The average molecular weight is 217 g/mol. The summed E-state index contributed by atoms with van der Waals surface area (Å²) < 4.78 is 0. The van der Waals surface area contributed by atoms with Gasteiger partial charge in [0.2, 0.25) is 0 Å². The standard InChI is InChI=1S/C13H19N3/c1-4-16(10-13(3,15)9-14)12-7-5-6-11(2)8-12/h5-8H,4,10,15H2,1-3H3.